The summed E-state index contributed by atoms with van der Waals surface area (Å²) < 4.78 is 0. The molecule has 0 amide bonds. The maximum absolute atomic E-state index is 5.70. The number of benzene rings is 7. The predicted octanol–water partition coefficient (Wildman–Crippen LogP) is 12.2. The zero-order chi connectivity index (χ0) is 36.8. The van der Waals surface area contributed by atoms with E-state index >= 15 is 0 Å². The number of fused-ring (bicyclic) bond motifs is 20. The maximum atomic E-state index is 5.70. The fourth-order valence-corrected chi connectivity index (χ4v) is 11.3. The lowest BCUT2D eigenvalue weighted by Gasteiger charge is -2.30. The van der Waals surface area contributed by atoms with E-state index < -0.39 is 10.8 Å². The molecule has 0 bridgehead atoms. The topological polar surface area (TPSA) is 28.1 Å². The molecule has 1 N–H and O–H groups in total. The summed E-state index contributed by atoms with van der Waals surface area (Å²) in [6, 6.07) is 65.4. The van der Waals surface area contributed by atoms with Crippen LogP contribution in [0.5, 0.6) is 0 Å². The molecule has 0 fully saturated rings. The van der Waals surface area contributed by atoms with Crippen LogP contribution in [0.15, 0.2) is 198 Å². The molecule has 1 aliphatic heterocycles. The third-order valence-electron chi connectivity index (χ3n) is 13.4. The van der Waals surface area contributed by atoms with E-state index in [-0.39, 0.29) is 0 Å². The van der Waals surface area contributed by atoms with Gasteiger partial charge in [-0.2, -0.15) is 0 Å². The van der Waals surface area contributed by atoms with Gasteiger partial charge in [-0.25, -0.2) is 4.99 Å². The molecule has 0 saturated heterocycles. The summed E-state index contributed by atoms with van der Waals surface area (Å²) in [7, 11) is 0. The molecule has 8 aromatic rings. The summed E-state index contributed by atoms with van der Waals surface area (Å²) in [6.45, 7) is 2.16. The highest BCUT2D eigenvalue weighted by Crippen LogP contribution is 2.64. The molecule has 0 unspecified atom stereocenters. The highest BCUT2D eigenvalue weighted by Gasteiger charge is 2.56. The number of rotatable bonds is 2. The van der Waals surface area contributed by atoms with Crippen molar-refractivity contribution >= 4 is 11.3 Å². The van der Waals surface area contributed by atoms with Crippen molar-refractivity contribution in [3.05, 3.63) is 255 Å². The Morgan fingerprint density at radius 2 is 0.875 bits per heavy atom. The number of aliphatic imine (C=N–C) groups is 1. The number of aromatic amines is 1. The first-order chi connectivity index (χ1) is 27.7. The Morgan fingerprint density at radius 3 is 1.41 bits per heavy atom. The minimum Gasteiger partial charge on any atom is -0.354 e. The molecule has 0 saturated carbocycles. The lowest BCUT2D eigenvalue weighted by atomic mass is 9.70. The molecule has 2 spiro atoms. The molecule has 0 radical (unpaired) electrons. The van der Waals surface area contributed by atoms with Gasteiger partial charge in [0.25, 0.3) is 0 Å². The van der Waals surface area contributed by atoms with Crippen LogP contribution in [0, 0.1) is 6.92 Å². The van der Waals surface area contributed by atoms with Gasteiger partial charge in [0.1, 0.15) is 0 Å². The fourth-order valence-electron chi connectivity index (χ4n) is 11.3. The average molecular weight is 711 g/mol. The van der Waals surface area contributed by atoms with E-state index in [0.29, 0.717) is 0 Å². The quantitative estimate of drug-likeness (QED) is 0.185. The van der Waals surface area contributed by atoms with Crippen molar-refractivity contribution in [2.75, 3.05) is 0 Å². The smallest absolute Gasteiger partial charge is 0.0761 e. The van der Waals surface area contributed by atoms with E-state index in [1.807, 2.05) is 0 Å². The number of H-pyrrole nitrogens is 1. The van der Waals surface area contributed by atoms with Gasteiger partial charge in [-0.1, -0.05) is 175 Å². The minimum absolute atomic E-state index is 0.423. The van der Waals surface area contributed by atoms with E-state index in [1.165, 1.54) is 89.2 Å². The summed E-state index contributed by atoms with van der Waals surface area (Å²) in [5, 5.41) is 0. The molecule has 56 heavy (non-hydrogen) atoms. The Hall–Kier alpha value is -7.03. The Balaban J connectivity index is 1.11. The lowest BCUT2D eigenvalue weighted by molar-refractivity contribution is 0.795. The van der Waals surface area contributed by atoms with Crippen LogP contribution in [0.3, 0.4) is 0 Å². The third kappa shape index (κ3) is 3.48. The first kappa shape index (κ1) is 30.3. The van der Waals surface area contributed by atoms with Crippen LogP contribution < -0.4 is 0 Å². The van der Waals surface area contributed by atoms with E-state index in [2.05, 4.69) is 194 Å². The number of hydrogen-bond donors (Lipinski definition) is 1. The number of aromatic nitrogens is 1. The molecular weight excluding hydrogens is 677 g/mol. The first-order valence-electron chi connectivity index (χ1n) is 19.6. The number of allylic oxidation sites excluding steroid dienone is 2. The van der Waals surface area contributed by atoms with E-state index in [1.54, 1.807) is 0 Å². The molecule has 2 nitrogen and oxygen atoms in total. The third-order valence-corrected chi connectivity index (χ3v) is 13.4. The van der Waals surface area contributed by atoms with Gasteiger partial charge in [0.15, 0.2) is 0 Å². The summed E-state index contributed by atoms with van der Waals surface area (Å²) in [4.78, 5) is 9.78. The van der Waals surface area contributed by atoms with Gasteiger partial charge in [-0.15, -0.1) is 0 Å². The van der Waals surface area contributed by atoms with Gasteiger partial charge in [-0.3, -0.25) is 0 Å². The van der Waals surface area contributed by atoms with E-state index in [4.69, 9.17) is 4.99 Å². The van der Waals surface area contributed by atoms with Crippen molar-refractivity contribution in [1.29, 1.82) is 0 Å². The molecular formula is C54H34N2. The maximum Gasteiger partial charge on any atom is 0.0761 e. The average Bonchev–Trinajstić information content (AvgIpc) is 4.08. The number of hydrogen-bond acceptors (Lipinski definition) is 1. The Kier molecular flexibility index (Phi) is 5.73. The first-order valence-corrected chi connectivity index (χ1v) is 19.6. The number of aryl methyl sites for hydroxylation is 1. The van der Waals surface area contributed by atoms with Gasteiger partial charge < -0.3 is 4.98 Å². The largest absolute Gasteiger partial charge is 0.354 e. The fraction of sp³-hybridized carbons (Fsp3) is 0.0556. The minimum atomic E-state index is -0.444. The van der Waals surface area contributed by atoms with Crippen LogP contribution in [0.25, 0.3) is 39.1 Å². The van der Waals surface area contributed by atoms with Crippen molar-refractivity contribution in [3.63, 3.8) is 0 Å². The molecule has 7 aromatic carbocycles. The summed E-state index contributed by atoms with van der Waals surface area (Å²) >= 11 is 0. The van der Waals surface area contributed by atoms with Crippen molar-refractivity contribution in [2.45, 2.75) is 17.8 Å². The highest BCUT2D eigenvalue weighted by molar-refractivity contribution is 6.24. The highest BCUT2D eigenvalue weighted by atomic mass is 14.8. The predicted molar refractivity (Wildman–Crippen MR) is 227 cm³/mol. The van der Waals surface area contributed by atoms with Crippen molar-refractivity contribution in [2.24, 2.45) is 4.99 Å². The Labute approximate surface area is 325 Å². The lowest BCUT2D eigenvalue weighted by Crippen LogP contribution is -2.26. The molecule has 13 rings (SSSR count). The standard InChI is InChI=1S/C54H34N2/c1-32-26-28-33(29-27-32)50(48-30-46-51(55-48)38-18-6-12-24-44(38)53(46)40-20-8-2-14-34(40)35-15-3-9-21-41(35)53)49-31-47-52(56-49)39-19-7-13-25-45(39)54(47)42-22-10-4-16-36(42)37-17-5-11-23-43(37)54/h2-31,55H,1H3/b50-49+. The van der Waals surface area contributed by atoms with Gasteiger partial charge in [0.2, 0.25) is 0 Å². The second kappa shape index (κ2) is 10.6. The van der Waals surface area contributed by atoms with Gasteiger partial charge in [0.05, 0.1) is 27.9 Å². The van der Waals surface area contributed by atoms with Crippen molar-refractivity contribution in [3.8, 4) is 33.5 Å². The second-order valence-corrected chi connectivity index (χ2v) is 15.9. The van der Waals surface area contributed by atoms with Crippen molar-refractivity contribution < 1.29 is 0 Å². The zero-order valence-corrected chi connectivity index (χ0v) is 30.8. The van der Waals surface area contributed by atoms with Crippen LogP contribution >= 0.6 is 0 Å². The molecule has 2 heterocycles. The molecule has 260 valence electrons. The zero-order valence-electron chi connectivity index (χ0n) is 30.8. The van der Waals surface area contributed by atoms with Crippen LogP contribution in [-0.2, 0) is 10.8 Å². The molecule has 5 aliphatic rings. The SMILES string of the molecule is Cc1ccc(/C(=C2/C=C3C(=N2)c2ccccc2C32c3ccccc3-c3ccccc32)c2cc3c([nH]2)-c2ccccc2C32c3ccccc3-c3ccccc32)cc1. The van der Waals surface area contributed by atoms with Gasteiger partial charge >= 0.3 is 0 Å². The number of nitrogens with one attached hydrogen (secondary N) is 1. The molecule has 4 aliphatic carbocycles. The number of nitrogens with zero attached hydrogens (tertiary/aromatic N) is 1. The molecule has 1 aromatic heterocycles. The van der Waals surface area contributed by atoms with Crippen LogP contribution in [0.2, 0.25) is 0 Å². The molecule has 2 heteroatoms. The summed E-state index contributed by atoms with van der Waals surface area (Å²) in [5.41, 5.74) is 25.2. The van der Waals surface area contributed by atoms with Crippen LogP contribution in [0.4, 0.5) is 0 Å². The Morgan fingerprint density at radius 1 is 0.446 bits per heavy atom. The monoisotopic (exact) mass is 710 g/mol. The summed E-state index contributed by atoms with van der Waals surface area (Å²) in [6.07, 6.45) is 2.42. The Bertz CT molecular complexity index is 3050. The van der Waals surface area contributed by atoms with E-state index in [0.717, 1.165) is 28.2 Å². The van der Waals surface area contributed by atoms with Crippen LogP contribution in [-0.4, -0.2) is 10.7 Å². The van der Waals surface area contributed by atoms with Gasteiger partial charge in [-0.05, 0) is 85.8 Å². The van der Waals surface area contributed by atoms with E-state index in [9.17, 15) is 0 Å². The van der Waals surface area contributed by atoms with Crippen molar-refractivity contribution in [1.82, 2.24) is 4.98 Å². The summed E-state index contributed by atoms with van der Waals surface area (Å²) in [5.74, 6) is 0. The normalized spacial score (nSPS) is 17.0. The van der Waals surface area contributed by atoms with Crippen LogP contribution in [0.1, 0.15) is 61.3 Å². The van der Waals surface area contributed by atoms with Gasteiger partial charge in [0, 0.05) is 28.0 Å². The molecule has 0 atom stereocenters. The second-order valence-electron chi connectivity index (χ2n) is 15.9.